The molecule has 0 bridgehead atoms. The molecule has 1 fully saturated rings. The second-order valence-electron chi connectivity index (χ2n) is 5.57. The molecule has 1 aromatic heterocycles. The largest absolute Gasteiger partial charge is 0.309 e. The van der Waals surface area contributed by atoms with E-state index in [0.717, 1.165) is 43.5 Å². The molecule has 1 aromatic rings. The third-order valence-corrected chi connectivity index (χ3v) is 6.20. The third kappa shape index (κ3) is 3.58. The lowest BCUT2D eigenvalue weighted by molar-refractivity contribution is 0.445. The number of hydrogen-bond donors (Lipinski definition) is 1. The van der Waals surface area contributed by atoms with Crippen LogP contribution in [-0.2, 0) is 9.84 Å². The minimum Gasteiger partial charge on any atom is -0.309 e. The van der Waals surface area contributed by atoms with Gasteiger partial charge in [0, 0.05) is 11.9 Å². The molecule has 4 nitrogen and oxygen atoms in total. The van der Waals surface area contributed by atoms with Crippen molar-refractivity contribution < 1.29 is 8.42 Å². The Kier molecular flexibility index (Phi) is 5.16. The van der Waals surface area contributed by atoms with Crippen LogP contribution in [0.4, 0.5) is 0 Å². The molecule has 1 saturated heterocycles. The number of rotatable bonds is 5. The molecule has 2 rings (SSSR count). The van der Waals surface area contributed by atoms with E-state index >= 15 is 0 Å². The van der Waals surface area contributed by atoms with Gasteiger partial charge in [-0.3, -0.25) is 4.98 Å². The Morgan fingerprint density at radius 3 is 2.80 bits per heavy atom. The van der Waals surface area contributed by atoms with E-state index in [9.17, 15) is 8.42 Å². The van der Waals surface area contributed by atoms with Crippen LogP contribution < -0.4 is 5.32 Å². The van der Waals surface area contributed by atoms with Gasteiger partial charge >= 0.3 is 0 Å². The Morgan fingerprint density at radius 1 is 1.40 bits per heavy atom. The van der Waals surface area contributed by atoms with Crippen LogP contribution in [0, 0.1) is 6.92 Å². The highest BCUT2D eigenvalue weighted by molar-refractivity contribution is 7.92. The first kappa shape index (κ1) is 15.4. The number of pyridine rings is 1. The Hall–Kier alpha value is -0.940. The van der Waals surface area contributed by atoms with E-state index in [-0.39, 0.29) is 11.3 Å². The second-order valence-corrected chi connectivity index (χ2v) is 7.91. The van der Waals surface area contributed by atoms with E-state index in [4.69, 9.17) is 0 Å². The summed E-state index contributed by atoms with van der Waals surface area (Å²) in [6.07, 6.45) is 5.34. The van der Waals surface area contributed by atoms with E-state index < -0.39 is 9.84 Å². The van der Waals surface area contributed by atoms with Gasteiger partial charge in [0.1, 0.15) is 0 Å². The van der Waals surface area contributed by atoms with Crippen LogP contribution in [-0.4, -0.2) is 30.9 Å². The topological polar surface area (TPSA) is 59.1 Å². The lowest BCUT2D eigenvalue weighted by Gasteiger charge is -2.31. The van der Waals surface area contributed by atoms with E-state index in [2.05, 4.69) is 17.2 Å². The maximum Gasteiger partial charge on any atom is 0.155 e. The fraction of sp³-hybridized carbons (Fsp3) is 0.667. The lowest BCUT2D eigenvalue weighted by Crippen LogP contribution is -2.41. The molecular weight excluding hydrogens is 272 g/mol. The molecule has 0 amide bonds. The van der Waals surface area contributed by atoms with Crippen LogP contribution in [0.5, 0.6) is 0 Å². The molecule has 1 aliphatic rings. The molecule has 0 radical (unpaired) electrons. The van der Waals surface area contributed by atoms with Gasteiger partial charge in [0.15, 0.2) is 9.84 Å². The fourth-order valence-electron chi connectivity index (χ4n) is 2.78. The molecule has 2 heterocycles. The van der Waals surface area contributed by atoms with Gasteiger partial charge in [0.05, 0.1) is 17.0 Å². The van der Waals surface area contributed by atoms with Crippen molar-refractivity contribution in [1.82, 2.24) is 10.3 Å². The van der Waals surface area contributed by atoms with Gasteiger partial charge in [-0.25, -0.2) is 8.42 Å². The number of hydrogen-bond acceptors (Lipinski definition) is 4. The minimum absolute atomic E-state index is 0.131. The monoisotopic (exact) mass is 296 g/mol. The molecule has 1 aliphatic heterocycles. The summed E-state index contributed by atoms with van der Waals surface area (Å²) in [5.41, 5.74) is 1.94. The Balaban J connectivity index is 2.29. The van der Waals surface area contributed by atoms with Gasteiger partial charge in [0.2, 0.25) is 0 Å². The average molecular weight is 296 g/mol. The smallest absolute Gasteiger partial charge is 0.155 e. The zero-order valence-corrected chi connectivity index (χ0v) is 13.1. The van der Waals surface area contributed by atoms with Crippen molar-refractivity contribution in [3.8, 4) is 0 Å². The molecule has 1 N–H and O–H groups in total. The highest BCUT2D eigenvalue weighted by Gasteiger charge is 2.36. The second kappa shape index (κ2) is 6.68. The van der Waals surface area contributed by atoms with Crippen molar-refractivity contribution in [2.75, 3.05) is 12.3 Å². The number of sulfone groups is 1. The third-order valence-electron chi connectivity index (χ3n) is 3.91. The molecular formula is C15H24N2O2S. The lowest BCUT2D eigenvalue weighted by atomic mass is 10.0. The number of nitrogens with one attached hydrogen (secondary N) is 1. The summed E-state index contributed by atoms with van der Waals surface area (Å²) >= 11 is 0. The van der Waals surface area contributed by atoms with Crippen LogP contribution in [0.15, 0.2) is 18.3 Å². The summed E-state index contributed by atoms with van der Waals surface area (Å²) in [5.74, 6) is 0.321. The molecule has 5 heteroatoms. The Bertz CT molecular complexity index is 525. The fourth-order valence-corrected chi connectivity index (χ4v) is 4.88. The maximum atomic E-state index is 12.4. The summed E-state index contributed by atoms with van der Waals surface area (Å²) < 4.78 is 24.7. The zero-order chi connectivity index (χ0) is 14.6. The first-order valence-corrected chi connectivity index (χ1v) is 9.13. The highest BCUT2D eigenvalue weighted by Crippen LogP contribution is 2.30. The first-order chi connectivity index (χ1) is 9.54. The summed E-state index contributed by atoms with van der Waals surface area (Å²) in [6, 6.07) is 3.82. The molecule has 0 aliphatic carbocycles. The zero-order valence-electron chi connectivity index (χ0n) is 12.3. The number of aryl methyl sites for hydroxylation is 1. The van der Waals surface area contributed by atoms with E-state index in [1.54, 1.807) is 0 Å². The van der Waals surface area contributed by atoms with Gasteiger partial charge in [-0.2, -0.15) is 0 Å². The summed E-state index contributed by atoms with van der Waals surface area (Å²) in [7, 11) is -3.00. The quantitative estimate of drug-likeness (QED) is 0.906. The van der Waals surface area contributed by atoms with E-state index in [1.807, 2.05) is 25.3 Å². The number of nitrogens with zero attached hydrogens (tertiary/aromatic N) is 1. The molecule has 0 spiro atoms. The highest BCUT2D eigenvalue weighted by atomic mass is 32.2. The summed E-state index contributed by atoms with van der Waals surface area (Å²) in [5, 5.41) is 3.10. The van der Waals surface area contributed by atoms with Crippen LogP contribution in [0.2, 0.25) is 0 Å². The van der Waals surface area contributed by atoms with Crippen molar-refractivity contribution in [3.05, 3.63) is 29.6 Å². The summed E-state index contributed by atoms with van der Waals surface area (Å²) in [6.45, 7) is 4.85. The average Bonchev–Trinajstić information content (AvgIpc) is 2.42. The van der Waals surface area contributed by atoms with Crippen LogP contribution in [0.1, 0.15) is 49.9 Å². The van der Waals surface area contributed by atoms with Gasteiger partial charge in [-0.05, 0) is 44.4 Å². The van der Waals surface area contributed by atoms with Crippen LogP contribution in [0.25, 0.3) is 0 Å². The minimum atomic E-state index is -3.00. The van der Waals surface area contributed by atoms with E-state index in [1.165, 1.54) is 0 Å². The Morgan fingerprint density at radius 2 is 2.20 bits per heavy atom. The predicted molar refractivity (Wildman–Crippen MR) is 81.4 cm³/mol. The number of aromatic nitrogens is 1. The molecule has 0 aromatic carbocycles. The van der Waals surface area contributed by atoms with Crippen molar-refractivity contribution >= 4 is 9.84 Å². The van der Waals surface area contributed by atoms with Crippen molar-refractivity contribution in [3.63, 3.8) is 0 Å². The first-order valence-electron chi connectivity index (χ1n) is 7.42. The molecule has 112 valence electrons. The van der Waals surface area contributed by atoms with Gasteiger partial charge in [-0.15, -0.1) is 0 Å². The SMILES string of the molecule is CCCNC(c1ccc(C)nc1)C1CCCCS1(=O)=O. The van der Waals surface area contributed by atoms with E-state index in [0.29, 0.717) is 5.75 Å². The molecule has 2 unspecified atom stereocenters. The standard InChI is InChI=1S/C15H24N2O2S/c1-3-9-16-15(13-8-7-12(2)17-11-13)14-6-4-5-10-20(14,18)19/h7-8,11,14-16H,3-6,9-10H2,1-2H3. The molecule has 20 heavy (non-hydrogen) atoms. The normalized spacial score (nSPS) is 23.4. The molecule has 2 atom stereocenters. The van der Waals surface area contributed by atoms with Gasteiger partial charge < -0.3 is 5.32 Å². The van der Waals surface area contributed by atoms with Crippen LogP contribution >= 0.6 is 0 Å². The molecule has 0 saturated carbocycles. The van der Waals surface area contributed by atoms with Gasteiger partial charge in [-0.1, -0.05) is 19.4 Å². The Labute approximate surface area is 121 Å². The predicted octanol–water partition coefficient (Wildman–Crippen LogP) is 2.40. The van der Waals surface area contributed by atoms with Crippen molar-refractivity contribution in [2.24, 2.45) is 0 Å². The van der Waals surface area contributed by atoms with Crippen molar-refractivity contribution in [1.29, 1.82) is 0 Å². The van der Waals surface area contributed by atoms with Crippen molar-refractivity contribution in [2.45, 2.75) is 50.8 Å². The van der Waals surface area contributed by atoms with Gasteiger partial charge in [0.25, 0.3) is 0 Å². The summed E-state index contributed by atoms with van der Waals surface area (Å²) in [4.78, 5) is 4.32. The van der Waals surface area contributed by atoms with Crippen LogP contribution in [0.3, 0.4) is 0 Å². The maximum absolute atomic E-state index is 12.4.